The van der Waals surface area contributed by atoms with Crippen LogP contribution in [0.4, 0.5) is 0 Å². The van der Waals surface area contributed by atoms with Crippen LogP contribution in [-0.2, 0) is 9.53 Å². The van der Waals surface area contributed by atoms with Crippen LogP contribution < -0.4 is 0 Å². The molecule has 6 nitrogen and oxygen atoms in total. The highest BCUT2D eigenvalue weighted by Crippen LogP contribution is 2.67. The largest absolute Gasteiger partial charge is 0.481 e. The zero-order valence-corrected chi connectivity index (χ0v) is 16.2. The van der Waals surface area contributed by atoms with E-state index in [1.165, 1.54) is 0 Å². The first kappa shape index (κ1) is 20.1. The number of carbonyl (C=O) groups is 1. The number of carboxylic acid groups (broad SMARTS) is 1. The van der Waals surface area contributed by atoms with Gasteiger partial charge in [-0.1, -0.05) is 20.8 Å². The minimum absolute atomic E-state index is 0.0703. The Morgan fingerprint density at radius 3 is 2.35 bits per heavy atom. The van der Waals surface area contributed by atoms with E-state index in [2.05, 4.69) is 13.8 Å². The molecule has 0 bridgehead atoms. The first-order valence-electron chi connectivity index (χ1n) is 9.91. The number of fused-ring (bicyclic) bond motifs is 2. The van der Waals surface area contributed by atoms with E-state index >= 15 is 0 Å². The standard InChI is InChI=1S/C20H34O6/c1-13-4-5-14-17(2,11-21)15(23)6-7-18(14,3)20(13)9-8-19(12-22,26-20)10-16(24)25/h13-15,21-23H,4-12H2,1-3H3,(H,24,25)/t13-,14+,15+,17+,18-,19+,20-/m0/s1. The molecule has 26 heavy (non-hydrogen) atoms. The molecule has 0 radical (unpaired) electrons. The normalized spacial score (nSPS) is 51.4. The first-order chi connectivity index (χ1) is 12.1. The minimum atomic E-state index is -1.03. The topological polar surface area (TPSA) is 107 Å². The summed E-state index contributed by atoms with van der Waals surface area (Å²) in [5.41, 5.74) is -2.40. The summed E-state index contributed by atoms with van der Waals surface area (Å²) in [6, 6.07) is 0. The molecular weight excluding hydrogens is 336 g/mol. The molecule has 7 atom stereocenters. The molecule has 6 heteroatoms. The summed E-state index contributed by atoms with van der Waals surface area (Å²) < 4.78 is 6.60. The molecule has 0 aromatic heterocycles. The van der Waals surface area contributed by atoms with Gasteiger partial charge in [0.1, 0.15) is 5.60 Å². The summed E-state index contributed by atoms with van der Waals surface area (Å²) in [7, 11) is 0. The van der Waals surface area contributed by atoms with Gasteiger partial charge in [-0.3, -0.25) is 4.79 Å². The lowest BCUT2D eigenvalue weighted by Crippen LogP contribution is -2.66. The van der Waals surface area contributed by atoms with Gasteiger partial charge in [-0.15, -0.1) is 0 Å². The number of hydrogen-bond donors (Lipinski definition) is 4. The summed E-state index contributed by atoms with van der Waals surface area (Å²) in [6.07, 6.45) is 3.73. The van der Waals surface area contributed by atoms with Crippen molar-refractivity contribution in [2.75, 3.05) is 13.2 Å². The molecule has 2 saturated carbocycles. The monoisotopic (exact) mass is 370 g/mol. The van der Waals surface area contributed by atoms with Crippen molar-refractivity contribution >= 4 is 5.97 Å². The van der Waals surface area contributed by atoms with Crippen molar-refractivity contribution in [1.82, 2.24) is 0 Å². The summed E-state index contributed by atoms with van der Waals surface area (Å²) in [5.74, 6) is -0.621. The van der Waals surface area contributed by atoms with Crippen molar-refractivity contribution in [2.45, 2.75) is 83.0 Å². The van der Waals surface area contributed by atoms with E-state index in [0.29, 0.717) is 19.3 Å². The van der Waals surface area contributed by atoms with Crippen LogP contribution in [0.25, 0.3) is 0 Å². The molecule has 1 saturated heterocycles. The molecule has 3 aliphatic rings. The molecule has 0 aromatic carbocycles. The number of aliphatic carboxylic acids is 1. The van der Waals surface area contributed by atoms with Crippen molar-refractivity contribution in [3.63, 3.8) is 0 Å². The van der Waals surface area contributed by atoms with Gasteiger partial charge in [-0.25, -0.2) is 0 Å². The highest BCUT2D eigenvalue weighted by molar-refractivity contribution is 5.68. The Kier molecular flexibility index (Phi) is 4.96. The molecule has 1 aliphatic heterocycles. The molecule has 3 rings (SSSR count). The van der Waals surface area contributed by atoms with Crippen molar-refractivity contribution in [1.29, 1.82) is 0 Å². The van der Waals surface area contributed by atoms with Gasteiger partial charge < -0.3 is 25.2 Å². The number of rotatable bonds is 4. The highest BCUT2D eigenvalue weighted by Gasteiger charge is 2.68. The predicted octanol–water partition coefficient (Wildman–Crippen LogP) is 1.95. The van der Waals surface area contributed by atoms with Crippen LogP contribution in [0.2, 0.25) is 0 Å². The van der Waals surface area contributed by atoms with Crippen LogP contribution in [0.1, 0.15) is 65.7 Å². The maximum atomic E-state index is 11.4. The second-order valence-corrected chi connectivity index (χ2v) is 9.57. The predicted molar refractivity (Wildman–Crippen MR) is 95.5 cm³/mol. The minimum Gasteiger partial charge on any atom is -0.481 e. The average molecular weight is 370 g/mol. The van der Waals surface area contributed by atoms with Crippen LogP contribution in [0.15, 0.2) is 0 Å². The maximum Gasteiger partial charge on any atom is 0.306 e. The van der Waals surface area contributed by atoms with Gasteiger partial charge in [-0.05, 0) is 50.4 Å². The van der Waals surface area contributed by atoms with Gasteiger partial charge >= 0.3 is 5.97 Å². The Morgan fingerprint density at radius 1 is 1.08 bits per heavy atom. The third kappa shape index (κ3) is 2.56. The second kappa shape index (κ2) is 6.43. The van der Waals surface area contributed by atoms with E-state index in [4.69, 9.17) is 4.74 Å². The number of aliphatic hydroxyl groups is 3. The van der Waals surface area contributed by atoms with E-state index in [9.17, 15) is 25.2 Å². The van der Waals surface area contributed by atoms with E-state index < -0.39 is 28.7 Å². The third-order valence-electron chi connectivity index (χ3n) is 8.37. The average Bonchev–Trinajstić information content (AvgIpc) is 2.98. The van der Waals surface area contributed by atoms with Crippen molar-refractivity contribution in [2.24, 2.45) is 22.7 Å². The van der Waals surface area contributed by atoms with Crippen LogP contribution in [-0.4, -0.2) is 56.9 Å². The Bertz CT molecular complexity index is 567. The van der Waals surface area contributed by atoms with Gasteiger partial charge in [0.2, 0.25) is 0 Å². The summed E-state index contributed by atoms with van der Waals surface area (Å²) in [5, 5.41) is 40.0. The fourth-order valence-corrected chi connectivity index (χ4v) is 6.70. The Labute approximate surface area is 155 Å². The Hall–Kier alpha value is -0.690. The fraction of sp³-hybridized carbons (Fsp3) is 0.950. The van der Waals surface area contributed by atoms with Gasteiger partial charge in [0, 0.05) is 10.8 Å². The molecule has 0 unspecified atom stereocenters. The molecule has 4 N–H and O–H groups in total. The van der Waals surface area contributed by atoms with Gasteiger partial charge in [0.05, 0.1) is 31.3 Å². The molecule has 1 heterocycles. The van der Waals surface area contributed by atoms with Gasteiger partial charge in [0.15, 0.2) is 0 Å². The molecule has 1 spiro atoms. The second-order valence-electron chi connectivity index (χ2n) is 9.57. The number of hydrogen-bond acceptors (Lipinski definition) is 5. The summed E-state index contributed by atoms with van der Waals surface area (Å²) >= 11 is 0. The zero-order valence-electron chi connectivity index (χ0n) is 16.2. The van der Waals surface area contributed by atoms with Crippen LogP contribution in [0, 0.1) is 22.7 Å². The van der Waals surface area contributed by atoms with Crippen LogP contribution in [0.3, 0.4) is 0 Å². The van der Waals surface area contributed by atoms with Crippen molar-refractivity contribution in [3.8, 4) is 0 Å². The summed E-state index contributed by atoms with van der Waals surface area (Å²) in [6.45, 7) is 5.96. The van der Waals surface area contributed by atoms with Crippen molar-refractivity contribution < 1.29 is 30.0 Å². The molecule has 2 aliphatic carbocycles. The number of aliphatic hydroxyl groups excluding tert-OH is 3. The quantitative estimate of drug-likeness (QED) is 0.602. The SMILES string of the molecule is C[C@H]1CC[C@@H]2[C@@](C)(CO)[C@H](O)CC[C@]2(C)[C@]12CC[C@](CO)(CC(=O)O)O2. The maximum absolute atomic E-state index is 11.4. The zero-order chi connectivity index (χ0) is 19.4. The molecule has 3 fully saturated rings. The Morgan fingerprint density at radius 2 is 1.77 bits per heavy atom. The fourth-order valence-electron chi connectivity index (χ4n) is 6.70. The first-order valence-corrected chi connectivity index (χ1v) is 9.91. The van der Waals surface area contributed by atoms with Crippen LogP contribution >= 0.6 is 0 Å². The van der Waals surface area contributed by atoms with Gasteiger partial charge in [0.25, 0.3) is 0 Å². The Balaban J connectivity index is 2.02. The van der Waals surface area contributed by atoms with Crippen LogP contribution in [0.5, 0.6) is 0 Å². The lowest BCUT2D eigenvalue weighted by atomic mass is 9.43. The number of carboxylic acids is 1. The molecule has 0 aromatic rings. The lowest BCUT2D eigenvalue weighted by Gasteiger charge is -2.65. The van der Waals surface area contributed by atoms with E-state index in [1.54, 1.807) is 0 Å². The molecule has 150 valence electrons. The highest BCUT2D eigenvalue weighted by atomic mass is 16.5. The molecule has 0 amide bonds. The van der Waals surface area contributed by atoms with E-state index in [-0.39, 0.29) is 36.9 Å². The van der Waals surface area contributed by atoms with E-state index in [0.717, 1.165) is 19.3 Å². The molecular formula is C20H34O6. The van der Waals surface area contributed by atoms with Crippen molar-refractivity contribution in [3.05, 3.63) is 0 Å². The summed E-state index contributed by atoms with van der Waals surface area (Å²) in [4.78, 5) is 11.4. The third-order valence-corrected chi connectivity index (χ3v) is 8.37. The lowest BCUT2D eigenvalue weighted by molar-refractivity contribution is -0.271. The number of ether oxygens (including phenoxy) is 1. The van der Waals surface area contributed by atoms with E-state index in [1.807, 2.05) is 6.92 Å². The smallest absolute Gasteiger partial charge is 0.306 e. The van der Waals surface area contributed by atoms with Gasteiger partial charge in [-0.2, -0.15) is 0 Å².